The van der Waals surface area contributed by atoms with Crippen molar-refractivity contribution < 1.29 is 37.5 Å². The maximum atomic E-state index is 9.33. The predicted octanol–water partition coefficient (Wildman–Crippen LogP) is 2.09. The van der Waals surface area contributed by atoms with Gasteiger partial charge in [-0.2, -0.15) is 0 Å². The minimum absolute atomic E-state index is 0. The first kappa shape index (κ1) is 13.5. The summed E-state index contributed by atoms with van der Waals surface area (Å²) in [6.45, 7) is 4.42. The van der Waals surface area contributed by atoms with Gasteiger partial charge in [-0.15, -0.1) is 0 Å². The number of Topliss-reactive ketones (excluding diaryl/α,β-unsaturated/α-hetero) is 1. The van der Waals surface area contributed by atoms with Crippen molar-refractivity contribution in [3.63, 3.8) is 0 Å². The van der Waals surface area contributed by atoms with Crippen molar-refractivity contribution in [1.82, 2.24) is 0 Å². The fraction of sp³-hybridized carbons (Fsp3) is 0.111. The summed E-state index contributed by atoms with van der Waals surface area (Å²) in [5.41, 5.74) is 0. The Bertz CT molecular complexity index is 141. The van der Waals surface area contributed by atoms with E-state index in [2.05, 4.69) is 6.92 Å². The molecule has 1 aromatic rings. The maximum Gasteiger partial charge on any atom is 0 e. The van der Waals surface area contributed by atoms with Crippen LogP contribution in [0.25, 0.3) is 0 Å². The van der Waals surface area contributed by atoms with Gasteiger partial charge in [0.05, 0.1) is 0 Å². The van der Waals surface area contributed by atoms with Gasteiger partial charge in [-0.3, -0.25) is 0 Å². The van der Waals surface area contributed by atoms with E-state index < -0.39 is 0 Å². The van der Waals surface area contributed by atoms with E-state index in [0.717, 1.165) is 0 Å². The Hall–Kier alpha value is -0.136. The maximum absolute atomic E-state index is 9.33. The molecule has 0 heterocycles. The van der Waals surface area contributed by atoms with Crippen molar-refractivity contribution in [3.8, 4) is 0 Å². The molecule has 0 aliphatic carbocycles. The van der Waals surface area contributed by atoms with E-state index in [4.69, 9.17) is 0 Å². The van der Waals surface area contributed by atoms with Gasteiger partial charge in [0.15, 0.2) is 0 Å². The van der Waals surface area contributed by atoms with Crippen LogP contribution in [-0.2, 0) is 37.5 Å². The Morgan fingerprint density at radius 1 is 1.00 bits per heavy atom. The van der Waals surface area contributed by atoms with E-state index in [1.807, 2.05) is 36.4 Å². The summed E-state index contributed by atoms with van der Waals surface area (Å²) >= 11 is 0. The van der Waals surface area contributed by atoms with Gasteiger partial charge in [0.1, 0.15) is 0 Å². The van der Waals surface area contributed by atoms with Crippen LogP contribution in [0.3, 0.4) is 0 Å². The summed E-state index contributed by atoms with van der Waals surface area (Å²) in [5, 5.41) is 0. The molecule has 0 unspecified atom stereocenters. The molecule has 0 aliphatic heterocycles. The third-order valence-electron chi connectivity index (χ3n) is 0.667. The molecule has 1 radical (unpaired) electrons. The molecule has 1 nitrogen and oxygen atoms in total. The fourth-order valence-electron chi connectivity index (χ4n) is 0.385. The average Bonchev–Trinajstić information content (AvgIpc) is 1.90. The molecule has 57 valence electrons. The Morgan fingerprint density at radius 3 is 1.18 bits per heavy atom. The molecule has 0 fully saturated rings. The van der Waals surface area contributed by atoms with Crippen molar-refractivity contribution in [2.75, 3.05) is 0 Å². The average molecular weight is 224 g/mol. The number of hydrogen-bond donors (Lipinski definition) is 0. The number of rotatable bonds is 0. The summed E-state index contributed by atoms with van der Waals surface area (Å²) in [4.78, 5) is 9.33. The standard InChI is InChI=1S/C6H6.C3H5O.Y/c1-2-4-6-5-3-1;1-3(2)4;/h1-6H;1H2,2H3;/q;-1;. The molecule has 1 rings (SSSR count). The molecule has 0 saturated heterocycles. The van der Waals surface area contributed by atoms with E-state index in [1.54, 1.807) is 0 Å². The summed E-state index contributed by atoms with van der Waals surface area (Å²) in [7, 11) is 0. The van der Waals surface area contributed by atoms with Crippen molar-refractivity contribution >= 4 is 5.78 Å². The Morgan fingerprint density at radius 2 is 1.09 bits per heavy atom. The molecular formula is C9H11OY-. The first-order chi connectivity index (χ1) is 4.73. The Balaban J connectivity index is 0. The zero-order chi connectivity index (χ0) is 7.82. The topological polar surface area (TPSA) is 17.1 Å². The first-order valence-electron chi connectivity index (χ1n) is 3.06. The predicted molar refractivity (Wildman–Crippen MR) is 42.5 cm³/mol. The molecule has 1 aromatic carbocycles. The molecule has 0 atom stereocenters. The van der Waals surface area contributed by atoms with Crippen LogP contribution in [0.15, 0.2) is 36.4 Å². The van der Waals surface area contributed by atoms with Crippen LogP contribution in [0, 0.1) is 6.92 Å². The second-order valence-electron chi connectivity index (χ2n) is 1.86. The molecule has 0 N–H and O–H groups in total. The van der Waals surface area contributed by atoms with Crippen molar-refractivity contribution in [2.24, 2.45) is 0 Å². The number of carbonyl (C=O) groups is 1. The van der Waals surface area contributed by atoms with Crippen LogP contribution in [-0.4, -0.2) is 5.78 Å². The minimum Gasteiger partial charge on any atom is -0.340 e. The zero-order valence-electron chi connectivity index (χ0n) is 6.66. The van der Waals surface area contributed by atoms with Gasteiger partial charge < -0.3 is 11.7 Å². The molecule has 2 heteroatoms. The summed E-state index contributed by atoms with van der Waals surface area (Å²) in [6.07, 6.45) is 0. The van der Waals surface area contributed by atoms with Crippen LogP contribution < -0.4 is 0 Å². The van der Waals surface area contributed by atoms with E-state index in [1.165, 1.54) is 6.92 Å². The molecule has 0 saturated carbocycles. The van der Waals surface area contributed by atoms with Crippen LogP contribution in [0.5, 0.6) is 0 Å². The SMILES string of the molecule is [CH2-]C(C)=O.[Y].c1ccccc1. The fourth-order valence-corrected chi connectivity index (χ4v) is 0.385. The quantitative estimate of drug-likeness (QED) is 0.616. The van der Waals surface area contributed by atoms with Crippen LogP contribution >= 0.6 is 0 Å². The van der Waals surface area contributed by atoms with Crippen LogP contribution in [0.1, 0.15) is 6.92 Å². The summed E-state index contributed by atoms with van der Waals surface area (Å²) in [5.74, 6) is -0.0833. The monoisotopic (exact) mass is 224 g/mol. The Kier molecular flexibility index (Phi) is 12.1. The first-order valence-corrected chi connectivity index (χ1v) is 3.06. The largest absolute Gasteiger partial charge is 0.340 e. The summed E-state index contributed by atoms with van der Waals surface area (Å²) in [6, 6.07) is 12.0. The third-order valence-corrected chi connectivity index (χ3v) is 0.667. The van der Waals surface area contributed by atoms with Gasteiger partial charge in [-0.05, 0) is 12.7 Å². The van der Waals surface area contributed by atoms with Crippen LogP contribution in [0.2, 0.25) is 0 Å². The molecule has 0 aromatic heterocycles. The molecule has 0 amide bonds. The normalized spacial score (nSPS) is 6.64. The molecule has 0 aliphatic rings. The smallest absolute Gasteiger partial charge is 0 e. The van der Waals surface area contributed by atoms with Gasteiger partial charge in [0.2, 0.25) is 0 Å². The van der Waals surface area contributed by atoms with E-state index in [-0.39, 0.29) is 38.5 Å². The minimum atomic E-state index is -0.0833. The van der Waals surface area contributed by atoms with Gasteiger partial charge in [-0.1, -0.05) is 36.4 Å². The zero-order valence-corrected chi connectivity index (χ0v) is 9.50. The van der Waals surface area contributed by atoms with E-state index in [9.17, 15) is 4.79 Å². The van der Waals surface area contributed by atoms with Gasteiger partial charge in [-0.25, -0.2) is 0 Å². The van der Waals surface area contributed by atoms with Crippen molar-refractivity contribution in [2.45, 2.75) is 6.92 Å². The van der Waals surface area contributed by atoms with Crippen molar-refractivity contribution in [3.05, 3.63) is 43.3 Å². The number of benzene rings is 1. The molecule has 11 heavy (non-hydrogen) atoms. The number of hydrogen-bond acceptors (Lipinski definition) is 1. The summed E-state index contributed by atoms with van der Waals surface area (Å²) < 4.78 is 0. The van der Waals surface area contributed by atoms with Gasteiger partial charge >= 0.3 is 0 Å². The van der Waals surface area contributed by atoms with Gasteiger partial charge in [0.25, 0.3) is 0 Å². The molecular weight excluding hydrogens is 213 g/mol. The number of ketones is 1. The van der Waals surface area contributed by atoms with E-state index in [0.29, 0.717) is 0 Å². The van der Waals surface area contributed by atoms with Crippen molar-refractivity contribution in [1.29, 1.82) is 0 Å². The molecule has 0 bridgehead atoms. The van der Waals surface area contributed by atoms with Gasteiger partial charge in [0, 0.05) is 32.7 Å². The third kappa shape index (κ3) is 17.7. The second kappa shape index (κ2) is 9.86. The second-order valence-corrected chi connectivity index (χ2v) is 1.86. The molecule has 0 spiro atoms. The van der Waals surface area contributed by atoms with E-state index >= 15 is 0 Å². The Labute approximate surface area is 93.1 Å². The number of carbonyl (C=O) groups excluding carboxylic acids is 1. The van der Waals surface area contributed by atoms with Crippen LogP contribution in [0.4, 0.5) is 0 Å².